The van der Waals surface area contributed by atoms with E-state index in [4.69, 9.17) is 22.1 Å². The topological polar surface area (TPSA) is 64.3 Å². The largest absolute Gasteiger partial charge is 0.444 e. The molecule has 0 saturated carbocycles. The first-order valence-electron chi connectivity index (χ1n) is 6.74. The predicted octanol–water partition coefficient (Wildman–Crippen LogP) is 3.12. The van der Waals surface area contributed by atoms with Gasteiger partial charge in [-0.05, 0) is 51.3 Å². The number of alkyl carbamates (subject to hydrolysis) is 1. The lowest BCUT2D eigenvalue weighted by atomic mass is 10.1. The van der Waals surface area contributed by atoms with E-state index in [2.05, 4.69) is 5.32 Å². The van der Waals surface area contributed by atoms with Crippen molar-refractivity contribution < 1.29 is 9.53 Å². The lowest BCUT2D eigenvalue weighted by Crippen LogP contribution is -2.43. The molecule has 20 heavy (non-hydrogen) atoms. The van der Waals surface area contributed by atoms with Crippen LogP contribution in [0.4, 0.5) is 4.79 Å². The molecule has 0 heterocycles. The van der Waals surface area contributed by atoms with Crippen molar-refractivity contribution in [3.05, 3.63) is 34.9 Å². The summed E-state index contributed by atoms with van der Waals surface area (Å²) in [6.07, 6.45) is 1.12. The lowest BCUT2D eigenvalue weighted by molar-refractivity contribution is 0.0503. The van der Waals surface area contributed by atoms with Crippen molar-refractivity contribution in [2.45, 2.75) is 45.3 Å². The Balaban J connectivity index is 2.45. The number of nitrogens with two attached hydrogens (primary N) is 1. The van der Waals surface area contributed by atoms with Gasteiger partial charge in [0.05, 0.1) is 0 Å². The van der Waals surface area contributed by atoms with E-state index in [9.17, 15) is 4.79 Å². The maximum absolute atomic E-state index is 11.7. The van der Waals surface area contributed by atoms with Crippen molar-refractivity contribution in [2.24, 2.45) is 5.73 Å². The van der Waals surface area contributed by atoms with E-state index < -0.39 is 11.7 Å². The fourth-order valence-corrected chi connectivity index (χ4v) is 1.97. The number of rotatable bonds is 5. The Morgan fingerprint density at radius 2 is 2.15 bits per heavy atom. The van der Waals surface area contributed by atoms with Gasteiger partial charge in [0.25, 0.3) is 0 Å². The molecule has 3 N–H and O–H groups in total. The lowest BCUT2D eigenvalue weighted by Gasteiger charge is -2.23. The third-order valence-electron chi connectivity index (χ3n) is 2.68. The number of carbonyl (C=O) groups excluding carboxylic acids is 1. The molecule has 1 unspecified atom stereocenters. The van der Waals surface area contributed by atoms with E-state index in [0.29, 0.717) is 11.6 Å². The smallest absolute Gasteiger partial charge is 0.407 e. The van der Waals surface area contributed by atoms with Crippen LogP contribution in [0.5, 0.6) is 0 Å². The standard InChI is InChI=1S/C15H23ClN2O2/c1-15(2,3)20-14(19)18-13(10-17)8-7-11-5-4-6-12(16)9-11/h4-6,9,13H,7-8,10,17H2,1-3H3,(H,18,19). The second-order valence-corrected chi connectivity index (χ2v) is 6.18. The molecule has 4 nitrogen and oxygen atoms in total. The molecule has 1 aromatic rings. The van der Waals surface area contributed by atoms with Crippen LogP contribution in [-0.2, 0) is 11.2 Å². The Kier molecular flexibility index (Phi) is 6.30. The monoisotopic (exact) mass is 298 g/mol. The first kappa shape index (κ1) is 16.8. The summed E-state index contributed by atoms with van der Waals surface area (Å²) < 4.78 is 5.21. The van der Waals surface area contributed by atoms with Gasteiger partial charge in [-0.25, -0.2) is 4.79 Å². The summed E-state index contributed by atoms with van der Waals surface area (Å²) >= 11 is 5.94. The number of amides is 1. The molecule has 0 aliphatic carbocycles. The zero-order chi connectivity index (χ0) is 15.2. The fraction of sp³-hybridized carbons (Fsp3) is 0.533. The molecule has 0 spiro atoms. The van der Waals surface area contributed by atoms with Gasteiger partial charge in [0.15, 0.2) is 0 Å². The van der Waals surface area contributed by atoms with Gasteiger partial charge in [-0.15, -0.1) is 0 Å². The zero-order valence-corrected chi connectivity index (χ0v) is 13.0. The van der Waals surface area contributed by atoms with E-state index in [1.807, 2.05) is 45.0 Å². The van der Waals surface area contributed by atoms with Crippen molar-refractivity contribution in [1.29, 1.82) is 0 Å². The van der Waals surface area contributed by atoms with Gasteiger partial charge < -0.3 is 15.8 Å². The minimum Gasteiger partial charge on any atom is -0.444 e. The number of ether oxygens (including phenoxy) is 1. The van der Waals surface area contributed by atoms with Crippen LogP contribution in [0.25, 0.3) is 0 Å². The fourth-order valence-electron chi connectivity index (χ4n) is 1.76. The quantitative estimate of drug-likeness (QED) is 0.878. The molecule has 0 aliphatic heterocycles. The summed E-state index contributed by atoms with van der Waals surface area (Å²) in [7, 11) is 0. The summed E-state index contributed by atoms with van der Waals surface area (Å²) in [4.78, 5) is 11.7. The Morgan fingerprint density at radius 1 is 1.45 bits per heavy atom. The Labute approximate surface area is 125 Å². The molecule has 0 saturated heterocycles. The molecule has 0 aromatic heterocycles. The first-order chi connectivity index (χ1) is 9.30. The summed E-state index contributed by atoms with van der Waals surface area (Å²) in [6, 6.07) is 7.57. The molecule has 1 rings (SSSR count). The van der Waals surface area contributed by atoms with E-state index >= 15 is 0 Å². The molecule has 0 bridgehead atoms. The number of nitrogens with one attached hydrogen (secondary N) is 1. The highest BCUT2D eigenvalue weighted by Crippen LogP contribution is 2.13. The van der Waals surface area contributed by atoms with Crippen molar-refractivity contribution in [3.63, 3.8) is 0 Å². The van der Waals surface area contributed by atoms with Gasteiger partial charge in [0.2, 0.25) is 0 Å². The molecule has 0 fully saturated rings. The van der Waals surface area contributed by atoms with Gasteiger partial charge >= 0.3 is 6.09 Å². The second kappa shape index (κ2) is 7.50. The third-order valence-corrected chi connectivity index (χ3v) is 2.91. The van der Waals surface area contributed by atoms with E-state index in [0.717, 1.165) is 18.4 Å². The normalized spacial score (nSPS) is 12.8. The van der Waals surface area contributed by atoms with Crippen LogP contribution in [0.2, 0.25) is 5.02 Å². The maximum Gasteiger partial charge on any atom is 0.407 e. The van der Waals surface area contributed by atoms with Crippen molar-refractivity contribution in [3.8, 4) is 0 Å². The number of hydrogen-bond acceptors (Lipinski definition) is 3. The summed E-state index contributed by atoms with van der Waals surface area (Å²) in [5.41, 5.74) is 6.31. The highest BCUT2D eigenvalue weighted by Gasteiger charge is 2.18. The molecule has 0 radical (unpaired) electrons. The van der Waals surface area contributed by atoms with E-state index in [1.54, 1.807) is 0 Å². The molecule has 112 valence electrons. The first-order valence-corrected chi connectivity index (χ1v) is 7.12. The van der Waals surface area contributed by atoms with Crippen LogP contribution >= 0.6 is 11.6 Å². The molecular formula is C15H23ClN2O2. The van der Waals surface area contributed by atoms with Crippen LogP contribution in [-0.4, -0.2) is 24.3 Å². The molecule has 1 amide bonds. The number of carbonyl (C=O) groups is 1. The number of aryl methyl sites for hydroxylation is 1. The average molecular weight is 299 g/mol. The number of hydrogen-bond donors (Lipinski definition) is 2. The van der Waals surface area contributed by atoms with Gasteiger partial charge in [0.1, 0.15) is 5.60 Å². The molecule has 1 aromatic carbocycles. The predicted molar refractivity (Wildman–Crippen MR) is 82.0 cm³/mol. The average Bonchev–Trinajstić information content (AvgIpc) is 2.32. The van der Waals surface area contributed by atoms with Gasteiger partial charge in [-0.3, -0.25) is 0 Å². The third kappa shape index (κ3) is 6.78. The van der Waals surface area contributed by atoms with Crippen LogP contribution in [0.3, 0.4) is 0 Å². The number of halogens is 1. The highest BCUT2D eigenvalue weighted by atomic mass is 35.5. The van der Waals surface area contributed by atoms with E-state index in [1.165, 1.54) is 0 Å². The van der Waals surface area contributed by atoms with Gasteiger partial charge in [-0.1, -0.05) is 23.7 Å². The van der Waals surface area contributed by atoms with Crippen LogP contribution in [0.1, 0.15) is 32.8 Å². The van der Waals surface area contributed by atoms with Crippen LogP contribution in [0.15, 0.2) is 24.3 Å². The van der Waals surface area contributed by atoms with Crippen LogP contribution < -0.4 is 11.1 Å². The molecule has 5 heteroatoms. The maximum atomic E-state index is 11.7. The molecular weight excluding hydrogens is 276 g/mol. The Hall–Kier alpha value is -1.26. The Bertz CT molecular complexity index is 444. The van der Waals surface area contributed by atoms with Gasteiger partial charge in [-0.2, -0.15) is 0 Å². The summed E-state index contributed by atoms with van der Waals surface area (Å²) in [6.45, 7) is 5.86. The van der Waals surface area contributed by atoms with Crippen molar-refractivity contribution in [2.75, 3.05) is 6.54 Å². The minimum absolute atomic E-state index is 0.108. The second-order valence-electron chi connectivity index (χ2n) is 5.75. The number of benzene rings is 1. The van der Waals surface area contributed by atoms with E-state index in [-0.39, 0.29) is 6.04 Å². The zero-order valence-electron chi connectivity index (χ0n) is 12.3. The molecule has 0 aliphatic rings. The summed E-state index contributed by atoms with van der Waals surface area (Å²) in [5.74, 6) is 0. The Morgan fingerprint density at radius 3 is 2.70 bits per heavy atom. The SMILES string of the molecule is CC(C)(C)OC(=O)NC(CN)CCc1cccc(Cl)c1. The van der Waals surface area contributed by atoms with Crippen molar-refractivity contribution in [1.82, 2.24) is 5.32 Å². The minimum atomic E-state index is -0.504. The van der Waals surface area contributed by atoms with Gasteiger partial charge in [0, 0.05) is 17.6 Å². The summed E-state index contributed by atoms with van der Waals surface area (Å²) in [5, 5.41) is 3.50. The van der Waals surface area contributed by atoms with Crippen molar-refractivity contribution >= 4 is 17.7 Å². The molecule has 1 atom stereocenters. The highest BCUT2D eigenvalue weighted by molar-refractivity contribution is 6.30. The van der Waals surface area contributed by atoms with Crippen LogP contribution in [0, 0.1) is 0 Å².